The van der Waals surface area contributed by atoms with Crippen molar-refractivity contribution in [3.63, 3.8) is 0 Å². The summed E-state index contributed by atoms with van der Waals surface area (Å²) >= 11 is 5.90. The molecule has 4 nitrogen and oxygen atoms in total. The molecule has 0 spiro atoms. The lowest BCUT2D eigenvalue weighted by molar-refractivity contribution is 0.0946. The molecule has 1 heterocycles. The molecule has 1 aliphatic carbocycles. The predicted molar refractivity (Wildman–Crippen MR) is 59.3 cm³/mol. The van der Waals surface area contributed by atoms with Gasteiger partial charge in [-0.1, -0.05) is 11.6 Å². The van der Waals surface area contributed by atoms with Crippen molar-refractivity contribution in [1.29, 1.82) is 0 Å². The number of nitrogens with one attached hydrogen (secondary N) is 2. The van der Waals surface area contributed by atoms with E-state index in [2.05, 4.69) is 15.6 Å². The van der Waals surface area contributed by atoms with Gasteiger partial charge in [0.1, 0.15) is 11.5 Å². The van der Waals surface area contributed by atoms with Crippen LogP contribution in [-0.4, -0.2) is 24.0 Å². The molecule has 1 saturated carbocycles. The maximum absolute atomic E-state index is 11.7. The Bertz CT molecular complexity index is 390. The second-order valence-corrected chi connectivity index (χ2v) is 3.93. The van der Waals surface area contributed by atoms with Crippen LogP contribution in [0.15, 0.2) is 12.1 Å². The monoisotopic (exact) mass is 225 g/mol. The number of hydrogen-bond acceptors (Lipinski definition) is 3. The zero-order valence-corrected chi connectivity index (χ0v) is 9.14. The molecule has 2 rings (SSSR count). The van der Waals surface area contributed by atoms with Crippen molar-refractivity contribution in [3.05, 3.63) is 22.8 Å². The van der Waals surface area contributed by atoms with Gasteiger partial charge < -0.3 is 10.6 Å². The van der Waals surface area contributed by atoms with E-state index in [1.165, 1.54) is 0 Å². The Morgan fingerprint density at radius 1 is 1.53 bits per heavy atom. The number of pyridine rings is 1. The molecule has 0 radical (unpaired) electrons. The number of nitrogens with zero attached hydrogens (tertiary/aromatic N) is 1. The quantitative estimate of drug-likeness (QED) is 0.823. The van der Waals surface area contributed by atoms with Crippen molar-refractivity contribution in [2.24, 2.45) is 0 Å². The summed E-state index contributed by atoms with van der Waals surface area (Å²) in [6.45, 7) is 0. The van der Waals surface area contributed by atoms with Gasteiger partial charge in [-0.15, -0.1) is 0 Å². The number of rotatable bonds is 3. The second-order valence-electron chi connectivity index (χ2n) is 3.52. The highest BCUT2D eigenvalue weighted by molar-refractivity contribution is 6.33. The molecule has 1 aromatic rings. The van der Waals surface area contributed by atoms with Gasteiger partial charge in [0, 0.05) is 13.1 Å². The minimum atomic E-state index is -0.195. The average Bonchev–Trinajstić information content (AvgIpc) is 3.02. The molecule has 1 aromatic heterocycles. The summed E-state index contributed by atoms with van der Waals surface area (Å²) in [5.41, 5.74) is 0.287. The summed E-state index contributed by atoms with van der Waals surface area (Å²) < 4.78 is 0. The van der Waals surface area contributed by atoms with Crippen LogP contribution < -0.4 is 10.6 Å². The van der Waals surface area contributed by atoms with Gasteiger partial charge in [-0.05, 0) is 25.0 Å². The summed E-state index contributed by atoms with van der Waals surface area (Å²) in [5, 5.41) is 6.10. The molecule has 1 aliphatic rings. The Kier molecular flexibility index (Phi) is 2.77. The van der Waals surface area contributed by atoms with Crippen molar-refractivity contribution >= 4 is 23.3 Å². The van der Waals surface area contributed by atoms with Gasteiger partial charge in [-0.3, -0.25) is 4.79 Å². The average molecular weight is 226 g/mol. The number of aromatic nitrogens is 1. The summed E-state index contributed by atoms with van der Waals surface area (Å²) in [6.07, 6.45) is 2.10. The fourth-order valence-electron chi connectivity index (χ4n) is 1.22. The number of carbonyl (C=O) groups excluding carboxylic acids is 1. The van der Waals surface area contributed by atoms with E-state index < -0.39 is 0 Å². The van der Waals surface area contributed by atoms with Gasteiger partial charge in [0.05, 0.1) is 5.02 Å². The number of amides is 1. The number of hydrogen-bond donors (Lipinski definition) is 2. The van der Waals surface area contributed by atoms with Crippen molar-refractivity contribution in [1.82, 2.24) is 10.3 Å². The molecule has 0 aliphatic heterocycles. The standard InChI is InChI=1S/C10H12ClN3O/c1-12-8-5-4-7(11)9(14-8)10(15)13-6-2-3-6/h4-6H,2-3H2,1H3,(H,12,14)(H,13,15). The first-order valence-electron chi connectivity index (χ1n) is 4.86. The zero-order valence-electron chi connectivity index (χ0n) is 8.38. The highest BCUT2D eigenvalue weighted by Gasteiger charge is 2.25. The van der Waals surface area contributed by atoms with Crippen LogP contribution in [-0.2, 0) is 0 Å². The molecular formula is C10H12ClN3O. The first kappa shape index (κ1) is 10.2. The molecule has 0 saturated heterocycles. The summed E-state index contributed by atoms with van der Waals surface area (Å²) in [7, 11) is 1.75. The first-order chi connectivity index (χ1) is 7.20. The smallest absolute Gasteiger partial charge is 0.271 e. The topological polar surface area (TPSA) is 54.0 Å². The van der Waals surface area contributed by atoms with Gasteiger partial charge in [-0.25, -0.2) is 4.98 Å². The Morgan fingerprint density at radius 2 is 2.27 bits per heavy atom. The lowest BCUT2D eigenvalue weighted by atomic mass is 10.3. The summed E-state index contributed by atoms with van der Waals surface area (Å²) in [6, 6.07) is 3.71. The third-order valence-electron chi connectivity index (χ3n) is 2.23. The van der Waals surface area contributed by atoms with Crippen LogP contribution in [0.5, 0.6) is 0 Å². The third kappa shape index (κ3) is 2.39. The third-order valence-corrected chi connectivity index (χ3v) is 2.53. The Hall–Kier alpha value is -1.29. The van der Waals surface area contributed by atoms with Crippen LogP contribution >= 0.6 is 11.6 Å². The Morgan fingerprint density at radius 3 is 2.87 bits per heavy atom. The Balaban J connectivity index is 2.20. The fraction of sp³-hybridized carbons (Fsp3) is 0.400. The van der Waals surface area contributed by atoms with E-state index in [1.54, 1.807) is 19.2 Å². The van der Waals surface area contributed by atoms with E-state index in [9.17, 15) is 4.79 Å². The van der Waals surface area contributed by atoms with E-state index in [-0.39, 0.29) is 11.6 Å². The minimum Gasteiger partial charge on any atom is -0.373 e. The molecule has 2 N–H and O–H groups in total. The van der Waals surface area contributed by atoms with E-state index >= 15 is 0 Å². The van der Waals surface area contributed by atoms with Gasteiger partial charge in [0.25, 0.3) is 5.91 Å². The molecule has 0 bridgehead atoms. The van der Waals surface area contributed by atoms with E-state index in [0.717, 1.165) is 12.8 Å². The molecule has 0 aromatic carbocycles. The maximum atomic E-state index is 11.7. The van der Waals surface area contributed by atoms with Crippen molar-refractivity contribution in [2.75, 3.05) is 12.4 Å². The number of anilines is 1. The molecule has 5 heteroatoms. The highest BCUT2D eigenvalue weighted by Crippen LogP contribution is 2.21. The second kappa shape index (κ2) is 4.06. The maximum Gasteiger partial charge on any atom is 0.271 e. The lowest BCUT2D eigenvalue weighted by Crippen LogP contribution is -2.26. The lowest BCUT2D eigenvalue weighted by Gasteiger charge is -2.06. The van der Waals surface area contributed by atoms with Crippen LogP contribution in [0, 0.1) is 0 Å². The summed E-state index contributed by atoms with van der Waals surface area (Å²) in [5.74, 6) is 0.444. The zero-order chi connectivity index (χ0) is 10.8. The normalized spacial score (nSPS) is 14.8. The number of halogens is 1. The van der Waals surface area contributed by atoms with Crippen LogP contribution in [0.4, 0.5) is 5.82 Å². The van der Waals surface area contributed by atoms with E-state index in [1.807, 2.05) is 0 Å². The SMILES string of the molecule is CNc1ccc(Cl)c(C(=O)NC2CC2)n1. The first-order valence-corrected chi connectivity index (χ1v) is 5.23. The minimum absolute atomic E-state index is 0.195. The Labute approximate surface area is 93.0 Å². The largest absolute Gasteiger partial charge is 0.373 e. The molecule has 1 amide bonds. The van der Waals surface area contributed by atoms with Crippen LogP contribution in [0.1, 0.15) is 23.3 Å². The molecule has 1 fully saturated rings. The molecule has 15 heavy (non-hydrogen) atoms. The number of carbonyl (C=O) groups is 1. The molecule has 0 atom stereocenters. The van der Waals surface area contributed by atoms with Crippen molar-refractivity contribution < 1.29 is 4.79 Å². The summed E-state index contributed by atoms with van der Waals surface area (Å²) in [4.78, 5) is 15.8. The van der Waals surface area contributed by atoms with Crippen molar-refractivity contribution in [2.45, 2.75) is 18.9 Å². The molecular weight excluding hydrogens is 214 g/mol. The van der Waals surface area contributed by atoms with Gasteiger partial charge in [0.2, 0.25) is 0 Å². The van der Waals surface area contributed by atoms with E-state index in [0.29, 0.717) is 16.9 Å². The predicted octanol–water partition coefficient (Wildman–Crippen LogP) is 1.67. The van der Waals surface area contributed by atoms with Crippen LogP contribution in [0.2, 0.25) is 5.02 Å². The van der Waals surface area contributed by atoms with Gasteiger partial charge in [0.15, 0.2) is 0 Å². The van der Waals surface area contributed by atoms with Crippen molar-refractivity contribution in [3.8, 4) is 0 Å². The molecule has 80 valence electrons. The fourth-order valence-corrected chi connectivity index (χ4v) is 1.41. The van der Waals surface area contributed by atoms with Crippen LogP contribution in [0.3, 0.4) is 0 Å². The molecule has 0 unspecified atom stereocenters. The van der Waals surface area contributed by atoms with Gasteiger partial charge >= 0.3 is 0 Å². The van der Waals surface area contributed by atoms with Gasteiger partial charge in [-0.2, -0.15) is 0 Å². The van der Waals surface area contributed by atoms with Crippen LogP contribution in [0.25, 0.3) is 0 Å². The highest BCUT2D eigenvalue weighted by atomic mass is 35.5. The van der Waals surface area contributed by atoms with E-state index in [4.69, 9.17) is 11.6 Å².